The number of rotatable bonds is 8. The van der Waals surface area contributed by atoms with Gasteiger partial charge in [-0.1, -0.05) is 6.92 Å². The molecule has 9 nitrogen and oxygen atoms in total. The number of aliphatic hydroxyl groups is 1. The Hall–Kier alpha value is -3.07. The summed E-state index contributed by atoms with van der Waals surface area (Å²) in [7, 11) is 3.45. The van der Waals surface area contributed by atoms with Gasteiger partial charge in [-0.2, -0.15) is 9.97 Å². The summed E-state index contributed by atoms with van der Waals surface area (Å²) in [4.78, 5) is 13.5. The van der Waals surface area contributed by atoms with E-state index in [1.807, 2.05) is 18.5 Å². The summed E-state index contributed by atoms with van der Waals surface area (Å²) < 4.78 is 7.04. The van der Waals surface area contributed by atoms with E-state index in [1.165, 1.54) is 0 Å². The van der Waals surface area contributed by atoms with Gasteiger partial charge in [-0.25, -0.2) is 4.98 Å². The number of anilines is 2. The molecule has 0 aliphatic carbocycles. The lowest BCUT2D eigenvalue weighted by atomic mass is 9.93. The number of phenolic OH excluding ortho intramolecular Hbond substituents is 1. The van der Waals surface area contributed by atoms with Gasteiger partial charge in [0.1, 0.15) is 11.5 Å². The van der Waals surface area contributed by atoms with E-state index in [1.54, 1.807) is 45.5 Å². The monoisotopic (exact) mass is 400 g/mol. The maximum atomic E-state index is 10.1. The lowest BCUT2D eigenvalue weighted by Crippen LogP contribution is -2.33. The summed E-state index contributed by atoms with van der Waals surface area (Å²) in [6.07, 6.45) is 1.68. The number of aromatic nitrogens is 4. The molecule has 9 heteroatoms. The average Bonchev–Trinajstić information content (AvgIpc) is 3.05. The summed E-state index contributed by atoms with van der Waals surface area (Å²) in [6, 6.07) is 5.06. The van der Waals surface area contributed by atoms with Gasteiger partial charge in [0, 0.05) is 31.6 Å². The maximum absolute atomic E-state index is 10.1. The maximum Gasteiger partial charge on any atom is 0.226 e. The van der Waals surface area contributed by atoms with Gasteiger partial charge in [-0.15, -0.1) is 0 Å². The van der Waals surface area contributed by atoms with Gasteiger partial charge in [-0.3, -0.25) is 0 Å². The number of benzene rings is 1. The van der Waals surface area contributed by atoms with E-state index < -0.39 is 5.60 Å². The normalized spacial score (nSPS) is 12.8. The van der Waals surface area contributed by atoms with E-state index in [0.717, 1.165) is 0 Å². The van der Waals surface area contributed by atoms with Crippen molar-refractivity contribution in [1.82, 2.24) is 19.5 Å². The highest BCUT2D eigenvalue weighted by molar-refractivity contribution is 5.84. The van der Waals surface area contributed by atoms with Crippen molar-refractivity contribution in [3.8, 4) is 11.5 Å². The smallest absolute Gasteiger partial charge is 0.226 e. The average molecular weight is 400 g/mol. The highest BCUT2D eigenvalue weighted by atomic mass is 16.5. The second-order valence-corrected chi connectivity index (χ2v) is 7.71. The van der Waals surface area contributed by atoms with Crippen molar-refractivity contribution in [2.45, 2.75) is 32.9 Å². The minimum Gasteiger partial charge on any atom is -0.508 e. The molecule has 0 spiro atoms. The zero-order chi connectivity index (χ0) is 21.2. The van der Waals surface area contributed by atoms with Crippen LogP contribution in [0.25, 0.3) is 11.2 Å². The van der Waals surface area contributed by atoms with Crippen molar-refractivity contribution in [2.75, 3.05) is 24.3 Å². The lowest BCUT2D eigenvalue weighted by molar-refractivity contribution is 0.0303. The third-order valence-electron chi connectivity index (χ3n) is 5.07. The fourth-order valence-electron chi connectivity index (χ4n) is 2.71. The first-order valence-electron chi connectivity index (χ1n) is 9.44. The number of phenols is 1. The van der Waals surface area contributed by atoms with Crippen LogP contribution in [-0.4, -0.2) is 49.0 Å². The van der Waals surface area contributed by atoms with Crippen molar-refractivity contribution < 1.29 is 14.9 Å². The standard InChI is InChI=1S/C20H28N6O3/c1-12(20(2,3)28)9-22-19-24-17(16-18(25-19)26(4)11-23-16)21-10-13-8-14(29-5)6-7-15(13)27/h6-8,11-12,27-28H,9-10H2,1-5H3,(H2,21,22,24,25). The molecule has 0 aliphatic rings. The number of aryl methyl sites for hydroxylation is 1. The minimum atomic E-state index is -0.811. The molecule has 0 saturated carbocycles. The summed E-state index contributed by atoms with van der Waals surface area (Å²) in [5.74, 6) is 1.82. The second-order valence-electron chi connectivity index (χ2n) is 7.71. The number of hydrogen-bond donors (Lipinski definition) is 4. The van der Waals surface area contributed by atoms with Crippen LogP contribution in [0.5, 0.6) is 11.5 Å². The highest BCUT2D eigenvalue weighted by Gasteiger charge is 2.22. The number of nitrogens with zero attached hydrogens (tertiary/aromatic N) is 4. The van der Waals surface area contributed by atoms with Crippen LogP contribution in [0.4, 0.5) is 11.8 Å². The number of nitrogens with one attached hydrogen (secondary N) is 2. The van der Waals surface area contributed by atoms with Gasteiger partial charge in [0.05, 0.1) is 19.0 Å². The van der Waals surface area contributed by atoms with Crippen LogP contribution >= 0.6 is 0 Å². The predicted molar refractivity (Wildman–Crippen MR) is 112 cm³/mol. The number of ether oxygens (including phenoxy) is 1. The van der Waals surface area contributed by atoms with Gasteiger partial charge < -0.3 is 30.2 Å². The fraction of sp³-hybridized carbons (Fsp3) is 0.450. The number of hydrogen-bond acceptors (Lipinski definition) is 8. The molecule has 0 radical (unpaired) electrons. The van der Waals surface area contributed by atoms with E-state index in [2.05, 4.69) is 25.6 Å². The van der Waals surface area contributed by atoms with Gasteiger partial charge in [0.15, 0.2) is 17.0 Å². The van der Waals surface area contributed by atoms with Gasteiger partial charge in [0.2, 0.25) is 5.95 Å². The third kappa shape index (κ3) is 4.68. The van der Waals surface area contributed by atoms with Crippen molar-refractivity contribution in [1.29, 1.82) is 0 Å². The number of methoxy groups -OCH3 is 1. The SMILES string of the molecule is COc1ccc(O)c(CNc2nc(NCC(C)C(C)(C)O)nc3c2ncn3C)c1. The largest absolute Gasteiger partial charge is 0.508 e. The molecule has 1 aromatic carbocycles. The Bertz CT molecular complexity index is 996. The molecule has 3 aromatic rings. The molecular formula is C20H28N6O3. The van der Waals surface area contributed by atoms with Crippen LogP contribution in [-0.2, 0) is 13.6 Å². The van der Waals surface area contributed by atoms with Crippen molar-refractivity contribution in [2.24, 2.45) is 13.0 Å². The Labute approximate surface area is 169 Å². The molecule has 1 atom stereocenters. The Balaban J connectivity index is 1.85. The number of aromatic hydroxyl groups is 1. The van der Waals surface area contributed by atoms with Crippen LogP contribution < -0.4 is 15.4 Å². The van der Waals surface area contributed by atoms with Crippen LogP contribution in [0.1, 0.15) is 26.3 Å². The quantitative estimate of drug-likeness (QED) is 0.456. The zero-order valence-corrected chi connectivity index (χ0v) is 17.4. The van der Waals surface area contributed by atoms with Gasteiger partial charge in [0.25, 0.3) is 0 Å². The van der Waals surface area contributed by atoms with E-state index >= 15 is 0 Å². The number of imidazole rings is 1. The Kier molecular flexibility index (Phi) is 5.78. The Morgan fingerprint density at radius 1 is 1.24 bits per heavy atom. The van der Waals surface area contributed by atoms with Gasteiger partial charge in [-0.05, 0) is 32.0 Å². The second kappa shape index (κ2) is 8.12. The van der Waals surface area contributed by atoms with Crippen LogP contribution in [0.2, 0.25) is 0 Å². The molecule has 0 amide bonds. The molecule has 0 fully saturated rings. The summed E-state index contributed by atoms with van der Waals surface area (Å²) in [5, 5.41) is 26.7. The summed E-state index contributed by atoms with van der Waals surface area (Å²) >= 11 is 0. The molecule has 0 aliphatic heterocycles. The van der Waals surface area contributed by atoms with Crippen LogP contribution in [0.3, 0.4) is 0 Å². The van der Waals surface area contributed by atoms with Crippen molar-refractivity contribution >= 4 is 22.9 Å². The molecule has 3 rings (SSSR count). The first kappa shape index (κ1) is 20.7. The molecule has 0 bridgehead atoms. The van der Waals surface area contributed by atoms with Crippen LogP contribution in [0, 0.1) is 5.92 Å². The third-order valence-corrected chi connectivity index (χ3v) is 5.07. The molecule has 156 valence electrons. The van der Waals surface area contributed by atoms with E-state index in [0.29, 0.717) is 47.3 Å². The van der Waals surface area contributed by atoms with Crippen LogP contribution in [0.15, 0.2) is 24.5 Å². The molecular weight excluding hydrogens is 372 g/mol. The van der Waals surface area contributed by atoms with Crippen molar-refractivity contribution in [3.63, 3.8) is 0 Å². The van der Waals surface area contributed by atoms with Gasteiger partial charge >= 0.3 is 0 Å². The van der Waals surface area contributed by atoms with Crippen molar-refractivity contribution in [3.05, 3.63) is 30.1 Å². The van der Waals surface area contributed by atoms with E-state index in [4.69, 9.17) is 4.74 Å². The topological polar surface area (TPSA) is 117 Å². The molecule has 0 saturated heterocycles. The predicted octanol–water partition coefficient (Wildman–Crippen LogP) is 2.51. The molecule has 2 aromatic heterocycles. The number of fused-ring (bicyclic) bond motifs is 1. The Morgan fingerprint density at radius 2 is 2.00 bits per heavy atom. The van der Waals surface area contributed by atoms with E-state index in [9.17, 15) is 10.2 Å². The zero-order valence-electron chi connectivity index (χ0n) is 17.4. The minimum absolute atomic E-state index is 0.00141. The highest BCUT2D eigenvalue weighted by Crippen LogP contribution is 2.26. The lowest BCUT2D eigenvalue weighted by Gasteiger charge is -2.25. The summed E-state index contributed by atoms with van der Waals surface area (Å²) in [6.45, 7) is 6.37. The molecule has 2 heterocycles. The Morgan fingerprint density at radius 3 is 2.69 bits per heavy atom. The molecule has 1 unspecified atom stereocenters. The molecule has 4 N–H and O–H groups in total. The fourth-order valence-corrected chi connectivity index (χ4v) is 2.71. The molecule has 29 heavy (non-hydrogen) atoms. The summed E-state index contributed by atoms with van der Waals surface area (Å²) in [5.41, 5.74) is 1.18. The first-order valence-corrected chi connectivity index (χ1v) is 9.44. The van der Waals surface area contributed by atoms with E-state index in [-0.39, 0.29) is 11.7 Å². The first-order chi connectivity index (χ1) is 13.7.